The van der Waals surface area contributed by atoms with Crippen molar-refractivity contribution in [3.05, 3.63) is 87.6 Å². The summed E-state index contributed by atoms with van der Waals surface area (Å²) in [6, 6.07) is 17.4. The van der Waals surface area contributed by atoms with Crippen LogP contribution >= 0.6 is 11.3 Å². The molecule has 1 N–H and O–H groups in total. The maximum absolute atomic E-state index is 12.3. The van der Waals surface area contributed by atoms with Crippen molar-refractivity contribution in [2.75, 3.05) is 11.9 Å². The van der Waals surface area contributed by atoms with E-state index in [-0.39, 0.29) is 23.9 Å². The van der Waals surface area contributed by atoms with Gasteiger partial charge in [-0.15, -0.1) is 11.3 Å². The number of hydrogen-bond donors (Lipinski definition) is 1. The summed E-state index contributed by atoms with van der Waals surface area (Å²) in [6.07, 6.45) is 3.21. The van der Waals surface area contributed by atoms with Gasteiger partial charge < -0.3 is 10.1 Å². The summed E-state index contributed by atoms with van der Waals surface area (Å²) in [5.41, 5.74) is 2.45. The molecule has 0 unspecified atom stereocenters. The smallest absolute Gasteiger partial charge is 0.338 e. The zero-order valence-corrected chi connectivity index (χ0v) is 17.5. The summed E-state index contributed by atoms with van der Waals surface area (Å²) in [5, 5.41) is 4.56. The van der Waals surface area contributed by atoms with Gasteiger partial charge in [-0.2, -0.15) is 0 Å². The Labute approximate surface area is 179 Å². The fraction of sp³-hybridized carbons (Fsp3) is 0.208. The number of nitrogens with one attached hydrogen (secondary N) is 1. The van der Waals surface area contributed by atoms with Crippen LogP contribution in [0.5, 0.6) is 0 Å². The van der Waals surface area contributed by atoms with Crippen molar-refractivity contribution in [2.45, 2.75) is 26.2 Å². The largest absolute Gasteiger partial charge is 0.454 e. The summed E-state index contributed by atoms with van der Waals surface area (Å²) in [5.74, 6) is -1.12. The number of carbonyl (C=O) groups excluding carboxylic acids is 3. The number of esters is 1. The topological polar surface area (TPSA) is 72.5 Å². The minimum Gasteiger partial charge on any atom is -0.454 e. The normalized spacial score (nSPS) is 10.4. The molecule has 0 radical (unpaired) electrons. The van der Waals surface area contributed by atoms with Gasteiger partial charge in [-0.05, 0) is 48.1 Å². The zero-order chi connectivity index (χ0) is 21.3. The van der Waals surface area contributed by atoms with Crippen LogP contribution in [0, 0.1) is 0 Å². The minimum absolute atomic E-state index is 0.243. The van der Waals surface area contributed by atoms with Crippen LogP contribution < -0.4 is 5.32 Å². The minimum atomic E-state index is -0.616. The van der Waals surface area contributed by atoms with Crippen LogP contribution in [-0.2, 0) is 11.2 Å². The van der Waals surface area contributed by atoms with Crippen LogP contribution in [0.25, 0.3) is 0 Å². The Morgan fingerprint density at radius 2 is 1.77 bits per heavy atom. The number of thiophene rings is 1. The first-order chi connectivity index (χ1) is 14.6. The molecule has 0 aliphatic rings. The lowest BCUT2D eigenvalue weighted by atomic mass is 10.0. The standard InChI is InChI=1S/C24H23NO4S/c1-2-3-6-17-10-12-18(13-11-17)21(26)16-29-24(28)19-7-4-8-20(15-19)25-23(27)22-9-5-14-30-22/h4-5,7-15H,2-3,6,16H2,1H3,(H,25,27). The van der Waals surface area contributed by atoms with Gasteiger partial charge in [0.05, 0.1) is 10.4 Å². The van der Waals surface area contributed by atoms with Gasteiger partial charge in [0.1, 0.15) is 0 Å². The Morgan fingerprint density at radius 1 is 0.967 bits per heavy atom. The quantitative estimate of drug-likeness (QED) is 0.372. The van der Waals surface area contributed by atoms with Gasteiger partial charge in [0.2, 0.25) is 0 Å². The van der Waals surface area contributed by atoms with Crippen LogP contribution in [0.2, 0.25) is 0 Å². The number of benzene rings is 2. The van der Waals surface area contributed by atoms with Gasteiger partial charge in [-0.1, -0.05) is 49.7 Å². The van der Waals surface area contributed by atoms with Crippen molar-refractivity contribution in [3.8, 4) is 0 Å². The Hall–Kier alpha value is -3.25. The molecule has 0 aliphatic heterocycles. The Morgan fingerprint density at radius 3 is 2.47 bits per heavy atom. The second-order valence-corrected chi connectivity index (χ2v) is 7.76. The first-order valence-electron chi connectivity index (χ1n) is 9.81. The number of amides is 1. The molecule has 0 fully saturated rings. The molecule has 30 heavy (non-hydrogen) atoms. The third-order valence-corrected chi connectivity index (χ3v) is 5.40. The number of anilines is 1. The molecule has 5 nitrogen and oxygen atoms in total. The second kappa shape index (κ2) is 10.5. The molecule has 2 aromatic carbocycles. The number of aryl methyl sites for hydroxylation is 1. The van der Waals surface area contributed by atoms with Gasteiger partial charge >= 0.3 is 5.97 Å². The third kappa shape index (κ3) is 5.87. The van der Waals surface area contributed by atoms with E-state index in [1.165, 1.54) is 23.0 Å². The van der Waals surface area contributed by atoms with Crippen molar-refractivity contribution in [3.63, 3.8) is 0 Å². The van der Waals surface area contributed by atoms with E-state index in [0.717, 1.165) is 19.3 Å². The van der Waals surface area contributed by atoms with Crippen molar-refractivity contribution < 1.29 is 19.1 Å². The summed E-state index contributed by atoms with van der Waals surface area (Å²) >= 11 is 1.33. The van der Waals surface area contributed by atoms with Crippen molar-refractivity contribution >= 4 is 34.7 Å². The number of ether oxygens (including phenoxy) is 1. The number of unbranched alkanes of at least 4 members (excludes halogenated alkanes) is 1. The van der Waals surface area contributed by atoms with Gasteiger partial charge in [-0.3, -0.25) is 9.59 Å². The van der Waals surface area contributed by atoms with Crippen LogP contribution in [0.15, 0.2) is 66.0 Å². The third-order valence-electron chi connectivity index (χ3n) is 4.53. The monoisotopic (exact) mass is 421 g/mol. The highest BCUT2D eigenvalue weighted by molar-refractivity contribution is 7.12. The predicted molar refractivity (Wildman–Crippen MR) is 118 cm³/mol. The summed E-state index contributed by atoms with van der Waals surface area (Å²) in [6.45, 7) is 1.80. The molecular formula is C24H23NO4S. The van der Waals surface area contributed by atoms with E-state index < -0.39 is 5.97 Å². The van der Waals surface area contributed by atoms with E-state index in [4.69, 9.17) is 4.74 Å². The molecule has 0 bridgehead atoms. The first kappa shape index (κ1) is 21.5. The van der Waals surface area contributed by atoms with Gasteiger partial charge in [-0.25, -0.2) is 4.79 Å². The molecule has 3 aromatic rings. The number of rotatable bonds is 9. The van der Waals surface area contributed by atoms with Crippen molar-refractivity contribution in [1.82, 2.24) is 0 Å². The fourth-order valence-corrected chi connectivity index (χ4v) is 3.48. The highest BCUT2D eigenvalue weighted by atomic mass is 32.1. The molecule has 154 valence electrons. The molecule has 0 spiro atoms. The van der Waals surface area contributed by atoms with E-state index in [1.54, 1.807) is 42.5 Å². The first-order valence-corrected chi connectivity index (χ1v) is 10.7. The number of hydrogen-bond acceptors (Lipinski definition) is 5. The molecule has 1 heterocycles. The second-order valence-electron chi connectivity index (χ2n) is 6.81. The Kier molecular flexibility index (Phi) is 7.51. The summed E-state index contributed by atoms with van der Waals surface area (Å²) in [7, 11) is 0. The molecule has 0 saturated heterocycles. The average Bonchev–Trinajstić information content (AvgIpc) is 3.31. The lowest BCUT2D eigenvalue weighted by Crippen LogP contribution is -2.15. The SMILES string of the molecule is CCCCc1ccc(C(=O)COC(=O)c2cccc(NC(=O)c3cccs3)c2)cc1. The van der Waals surface area contributed by atoms with E-state index in [2.05, 4.69) is 12.2 Å². The van der Waals surface area contributed by atoms with E-state index in [9.17, 15) is 14.4 Å². The molecule has 1 aromatic heterocycles. The summed E-state index contributed by atoms with van der Waals surface area (Å²) in [4.78, 5) is 37.4. The zero-order valence-electron chi connectivity index (χ0n) is 16.7. The van der Waals surface area contributed by atoms with Crippen LogP contribution in [0.3, 0.4) is 0 Å². The maximum atomic E-state index is 12.3. The molecular weight excluding hydrogens is 398 g/mol. The van der Waals surface area contributed by atoms with E-state index >= 15 is 0 Å². The highest BCUT2D eigenvalue weighted by Crippen LogP contribution is 2.16. The fourth-order valence-electron chi connectivity index (χ4n) is 2.86. The summed E-state index contributed by atoms with van der Waals surface area (Å²) < 4.78 is 5.17. The van der Waals surface area contributed by atoms with E-state index in [1.807, 2.05) is 17.5 Å². The lowest BCUT2D eigenvalue weighted by Gasteiger charge is -2.08. The lowest BCUT2D eigenvalue weighted by molar-refractivity contribution is 0.0474. The Balaban J connectivity index is 1.55. The molecule has 3 rings (SSSR count). The van der Waals surface area contributed by atoms with Crippen LogP contribution in [0.4, 0.5) is 5.69 Å². The number of carbonyl (C=O) groups is 3. The highest BCUT2D eigenvalue weighted by Gasteiger charge is 2.13. The molecule has 6 heteroatoms. The molecule has 1 amide bonds. The maximum Gasteiger partial charge on any atom is 0.338 e. The van der Waals surface area contributed by atoms with Crippen molar-refractivity contribution in [1.29, 1.82) is 0 Å². The van der Waals surface area contributed by atoms with Gasteiger partial charge in [0, 0.05) is 11.3 Å². The van der Waals surface area contributed by atoms with E-state index in [0.29, 0.717) is 16.1 Å². The Bertz CT molecular complexity index is 1010. The van der Waals surface area contributed by atoms with Gasteiger partial charge in [0.15, 0.2) is 12.4 Å². The van der Waals surface area contributed by atoms with Crippen LogP contribution in [0.1, 0.15) is 55.7 Å². The molecule has 0 saturated carbocycles. The van der Waals surface area contributed by atoms with Crippen LogP contribution in [-0.4, -0.2) is 24.3 Å². The molecule has 0 atom stereocenters. The average molecular weight is 422 g/mol. The predicted octanol–water partition coefficient (Wildman–Crippen LogP) is 5.38. The molecule has 0 aliphatic carbocycles. The number of Topliss-reactive ketones (excluding diaryl/α,β-unsaturated/α-hetero) is 1. The number of ketones is 1. The van der Waals surface area contributed by atoms with Crippen molar-refractivity contribution in [2.24, 2.45) is 0 Å². The van der Waals surface area contributed by atoms with Gasteiger partial charge in [0.25, 0.3) is 5.91 Å².